The summed E-state index contributed by atoms with van der Waals surface area (Å²) in [6, 6.07) is 70.9. The zero-order valence-corrected chi connectivity index (χ0v) is 29.8. The standard InChI is InChI=1S/C52H33NO2/c1-2-11-36(12-3-1)43-18-9-19-45-46-20-10-21-48(52(46)55-51(43)45)53(40-30-25-37(26-31-40)42-17-8-14-35-13-4-5-15-41(35)42)39-28-23-34(24-29-39)38-27-32-50-47(33-38)44-16-6-7-22-49(44)54-50/h1-33H. The van der Waals surface area contributed by atoms with Crippen molar-refractivity contribution in [1.82, 2.24) is 0 Å². The van der Waals surface area contributed by atoms with Gasteiger partial charge in [-0.25, -0.2) is 0 Å². The third kappa shape index (κ3) is 5.20. The molecule has 0 spiro atoms. The van der Waals surface area contributed by atoms with Crippen LogP contribution in [0.2, 0.25) is 0 Å². The van der Waals surface area contributed by atoms with E-state index in [-0.39, 0.29) is 0 Å². The number of hydrogen-bond acceptors (Lipinski definition) is 3. The minimum Gasteiger partial charge on any atom is -0.456 e. The van der Waals surface area contributed by atoms with Gasteiger partial charge in [0.2, 0.25) is 0 Å². The van der Waals surface area contributed by atoms with Crippen LogP contribution >= 0.6 is 0 Å². The smallest absolute Gasteiger partial charge is 0.159 e. The lowest BCUT2D eigenvalue weighted by molar-refractivity contribution is 0.669. The molecular weight excluding hydrogens is 671 g/mol. The number of benzene rings is 9. The summed E-state index contributed by atoms with van der Waals surface area (Å²) in [5, 5.41) is 6.91. The molecule has 11 aromatic rings. The molecule has 0 radical (unpaired) electrons. The van der Waals surface area contributed by atoms with Crippen LogP contribution in [-0.2, 0) is 0 Å². The molecule has 0 bridgehead atoms. The number of fused-ring (bicyclic) bond motifs is 7. The number of para-hydroxylation sites is 3. The van der Waals surface area contributed by atoms with Crippen LogP contribution in [0, 0.1) is 0 Å². The highest BCUT2D eigenvalue weighted by Gasteiger charge is 2.21. The number of nitrogens with zero attached hydrogens (tertiary/aromatic N) is 1. The van der Waals surface area contributed by atoms with Crippen molar-refractivity contribution in [3.8, 4) is 33.4 Å². The van der Waals surface area contributed by atoms with Crippen LogP contribution < -0.4 is 4.90 Å². The van der Waals surface area contributed by atoms with E-state index in [0.717, 1.165) is 83.2 Å². The lowest BCUT2D eigenvalue weighted by atomic mass is 9.98. The molecule has 0 aliphatic heterocycles. The van der Waals surface area contributed by atoms with Gasteiger partial charge in [0.05, 0.1) is 5.69 Å². The predicted octanol–water partition coefficient (Wildman–Crippen LogP) is 15.1. The minimum atomic E-state index is 0.848. The predicted molar refractivity (Wildman–Crippen MR) is 229 cm³/mol. The highest BCUT2D eigenvalue weighted by Crippen LogP contribution is 2.45. The Balaban J connectivity index is 1.06. The zero-order valence-electron chi connectivity index (χ0n) is 29.8. The van der Waals surface area contributed by atoms with E-state index in [1.807, 2.05) is 18.2 Å². The Hall–Kier alpha value is -7.36. The van der Waals surface area contributed by atoms with Crippen molar-refractivity contribution in [1.29, 1.82) is 0 Å². The second kappa shape index (κ2) is 12.6. The van der Waals surface area contributed by atoms with Crippen LogP contribution in [0.1, 0.15) is 0 Å². The third-order valence-corrected chi connectivity index (χ3v) is 10.9. The maximum Gasteiger partial charge on any atom is 0.159 e. The van der Waals surface area contributed by atoms with Crippen LogP contribution in [0.25, 0.3) is 88.0 Å². The largest absolute Gasteiger partial charge is 0.456 e. The van der Waals surface area contributed by atoms with Gasteiger partial charge in [-0.2, -0.15) is 0 Å². The zero-order chi connectivity index (χ0) is 36.3. The van der Waals surface area contributed by atoms with Gasteiger partial charge < -0.3 is 13.7 Å². The molecule has 2 heterocycles. The van der Waals surface area contributed by atoms with Crippen molar-refractivity contribution in [2.24, 2.45) is 0 Å². The van der Waals surface area contributed by atoms with Gasteiger partial charge in [-0.15, -0.1) is 0 Å². The van der Waals surface area contributed by atoms with Crippen molar-refractivity contribution < 1.29 is 8.83 Å². The molecule has 0 saturated carbocycles. The molecule has 258 valence electrons. The van der Waals surface area contributed by atoms with Crippen LogP contribution in [0.3, 0.4) is 0 Å². The van der Waals surface area contributed by atoms with Crippen molar-refractivity contribution >= 4 is 71.7 Å². The quantitative estimate of drug-likeness (QED) is 0.173. The average Bonchev–Trinajstić information content (AvgIpc) is 3.83. The van der Waals surface area contributed by atoms with Gasteiger partial charge in [0.15, 0.2) is 5.58 Å². The van der Waals surface area contributed by atoms with Gasteiger partial charge in [-0.3, -0.25) is 0 Å². The molecule has 2 aromatic heterocycles. The second-order valence-corrected chi connectivity index (χ2v) is 14.1. The lowest BCUT2D eigenvalue weighted by Gasteiger charge is -2.26. The summed E-state index contributed by atoms with van der Waals surface area (Å²) in [7, 11) is 0. The number of furan rings is 2. The normalized spacial score (nSPS) is 11.6. The van der Waals surface area contributed by atoms with E-state index in [9.17, 15) is 0 Å². The van der Waals surface area contributed by atoms with Crippen molar-refractivity contribution in [2.75, 3.05) is 4.90 Å². The molecule has 0 amide bonds. The molecule has 0 aliphatic carbocycles. The molecule has 9 aromatic carbocycles. The maximum atomic E-state index is 6.95. The first-order valence-electron chi connectivity index (χ1n) is 18.7. The van der Waals surface area contributed by atoms with E-state index in [0.29, 0.717) is 0 Å². The molecule has 0 unspecified atom stereocenters. The SMILES string of the molecule is c1ccc(-c2cccc3c2oc2c(N(c4ccc(-c5ccc6oc7ccccc7c6c5)cc4)c4ccc(-c5cccc6ccccc56)cc4)cccc23)cc1. The fourth-order valence-corrected chi connectivity index (χ4v) is 8.23. The Labute approximate surface area is 317 Å². The van der Waals surface area contributed by atoms with E-state index in [1.165, 1.54) is 21.9 Å². The summed E-state index contributed by atoms with van der Waals surface area (Å²) in [6.45, 7) is 0. The van der Waals surface area contributed by atoms with Crippen molar-refractivity contribution in [3.05, 3.63) is 200 Å². The van der Waals surface area contributed by atoms with Gasteiger partial charge >= 0.3 is 0 Å². The molecule has 0 saturated heterocycles. The fraction of sp³-hybridized carbons (Fsp3) is 0. The van der Waals surface area contributed by atoms with E-state index in [1.54, 1.807) is 0 Å². The molecule has 3 nitrogen and oxygen atoms in total. The summed E-state index contributed by atoms with van der Waals surface area (Å²) in [6.07, 6.45) is 0. The van der Waals surface area contributed by atoms with Crippen LogP contribution in [0.5, 0.6) is 0 Å². The van der Waals surface area contributed by atoms with E-state index in [4.69, 9.17) is 8.83 Å². The van der Waals surface area contributed by atoms with Crippen LogP contribution in [-0.4, -0.2) is 0 Å². The van der Waals surface area contributed by atoms with E-state index >= 15 is 0 Å². The first kappa shape index (κ1) is 31.2. The van der Waals surface area contributed by atoms with E-state index in [2.05, 4.69) is 187 Å². The Morgan fingerprint density at radius 1 is 0.309 bits per heavy atom. The van der Waals surface area contributed by atoms with Gasteiger partial charge in [0.1, 0.15) is 16.7 Å². The van der Waals surface area contributed by atoms with Gasteiger partial charge in [0.25, 0.3) is 0 Å². The van der Waals surface area contributed by atoms with Gasteiger partial charge in [0, 0.05) is 38.5 Å². The second-order valence-electron chi connectivity index (χ2n) is 14.1. The number of rotatable bonds is 6. The highest BCUT2D eigenvalue weighted by molar-refractivity contribution is 6.13. The molecule has 3 heteroatoms. The van der Waals surface area contributed by atoms with Crippen molar-refractivity contribution in [2.45, 2.75) is 0 Å². The molecule has 0 fully saturated rings. The summed E-state index contributed by atoms with van der Waals surface area (Å²) < 4.78 is 13.1. The molecule has 0 N–H and O–H groups in total. The molecule has 0 aliphatic rings. The first-order chi connectivity index (χ1) is 27.3. The average molecular weight is 704 g/mol. The molecule has 55 heavy (non-hydrogen) atoms. The van der Waals surface area contributed by atoms with Crippen LogP contribution in [0.15, 0.2) is 209 Å². The Morgan fingerprint density at radius 3 is 1.69 bits per heavy atom. The van der Waals surface area contributed by atoms with Gasteiger partial charge in [-0.1, -0.05) is 152 Å². The van der Waals surface area contributed by atoms with Crippen molar-refractivity contribution in [3.63, 3.8) is 0 Å². The molecular formula is C52H33NO2. The Morgan fingerprint density at radius 2 is 0.873 bits per heavy atom. The maximum absolute atomic E-state index is 6.95. The fourth-order valence-electron chi connectivity index (χ4n) is 8.23. The number of anilines is 3. The summed E-state index contributed by atoms with van der Waals surface area (Å²) in [4.78, 5) is 2.32. The molecule has 0 atom stereocenters. The summed E-state index contributed by atoms with van der Waals surface area (Å²) >= 11 is 0. The topological polar surface area (TPSA) is 29.5 Å². The highest BCUT2D eigenvalue weighted by atomic mass is 16.3. The Kier molecular flexibility index (Phi) is 7.17. The minimum absolute atomic E-state index is 0.848. The monoisotopic (exact) mass is 703 g/mol. The van der Waals surface area contributed by atoms with Crippen LogP contribution in [0.4, 0.5) is 17.1 Å². The van der Waals surface area contributed by atoms with Gasteiger partial charge in [-0.05, 0) is 87.1 Å². The lowest BCUT2D eigenvalue weighted by Crippen LogP contribution is -2.10. The summed E-state index contributed by atoms with van der Waals surface area (Å²) in [5.41, 5.74) is 13.5. The Bertz CT molecular complexity index is 3180. The number of hydrogen-bond donors (Lipinski definition) is 0. The third-order valence-electron chi connectivity index (χ3n) is 10.9. The summed E-state index contributed by atoms with van der Waals surface area (Å²) in [5.74, 6) is 0. The van der Waals surface area contributed by atoms with E-state index < -0.39 is 0 Å². The molecule has 11 rings (SSSR count). The first-order valence-corrected chi connectivity index (χ1v) is 18.7.